The zero-order valence-corrected chi connectivity index (χ0v) is 19.1. The first-order valence-corrected chi connectivity index (χ1v) is 11.9. The fourth-order valence-corrected chi connectivity index (χ4v) is 5.09. The monoisotopic (exact) mass is 455 g/mol. The maximum atomic E-state index is 12.8. The fourth-order valence-electron chi connectivity index (χ4n) is 3.19. The molecule has 1 saturated heterocycles. The molecule has 0 spiro atoms. The lowest BCUT2D eigenvalue weighted by Crippen LogP contribution is -2.46. The lowest BCUT2D eigenvalue weighted by Gasteiger charge is -2.32. The van der Waals surface area contributed by atoms with E-state index >= 15 is 0 Å². The standard InChI is InChI=1S/C19H27N3O3S2.CH2O2/c1-15-13-26-14-18(15)17-12-16(4-5-19(17)25-3)27(23,24)20-6-7-22-10-8-21(2)9-11-22;2-1-3/h4-5,12-14,20H,6-11H2,1-3H3;1H,(H,2,3). The van der Waals surface area contributed by atoms with Crippen LogP contribution in [0.2, 0.25) is 0 Å². The van der Waals surface area contributed by atoms with Crippen molar-refractivity contribution in [1.29, 1.82) is 0 Å². The molecule has 2 aromatic rings. The van der Waals surface area contributed by atoms with Crippen molar-refractivity contribution in [2.45, 2.75) is 11.8 Å². The maximum absolute atomic E-state index is 12.8. The number of nitrogens with one attached hydrogen (secondary N) is 1. The summed E-state index contributed by atoms with van der Waals surface area (Å²) in [7, 11) is 0.145. The van der Waals surface area contributed by atoms with E-state index in [0.29, 0.717) is 12.3 Å². The smallest absolute Gasteiger partial charge is 0.290 e. The van der Waals surface area contributed by atoms with Crippen LogP contribution < -0.4 is 9.46 Å². The van der Waals surface area contributed by atoms with Gasteiger partial charge in [0, 0.05) is 44.8 Å². The van der Waals surface area contributed by atoms with Crippen LogP contribution in [0.25, 0.3) is 11.1 Å². The number of sulfonamides is 1. The Morgan fingerprint density at radius 2 is 1.87 bits per heavy atom. The predicted molar refractivity (Wildman–Crippen MR) is 119 cm³/mol. The molecule has 2 heterocycles. The van der Waals surface area contributed by atoms with Gasteiger partial charge < -0.3 is 14.7 Å². The third-order valence-electron chi connectivity index (χ3n) is 4.94. The molecule has 10 heteroatoms. The Kier molecular flexibility index (Phi) is 9.25. The van der Waals surface area contributed by atoms with E-state index in [2.05, 4.69) is 21.6 Å². The Bertz CT molecular complexity index is 922. The number of methoxy groups -OCH3 is 1. The summed E-state index contributed by atoms with van der Waals surface area (Å²) >= 11 is 1.59. The Labute approximate surface area is 182 Å². The number of hydrogen-bond acceptors (Lipinski definition) is 7. The maximum Gasteiger partial charge on any atom is 0.290 e. The third kappa shape index (κ3) is 6.51. The van der Waals surface area contributed by atoms with Crippen LogP contribution in [0.3, 0.4) is 0 Å². The largest absolute Gasteiger partial charge is 0.496 e. The van der Waals surface area contributed by atoms with Crippen molar-refractivity contribution in [3.8, 4) is 16.9 Å². The van der Waals surface area contributed by atoms with E-state index in [0.717, 1.165) is 49.4 Å². The molecule has 2 N–H and O–H groups in total. The number of aryl methyl sites for hydroxylation is 1. The van der Waals surface area contributed by atoms with Gasteiger partial charge in [-0.2, -0.15) is 11.3 Å². The van der Waals surface area contributed by atoms with Gasteiger partial charge in [-0.3, -0.25) is 9.69 Å². The van der Waals surface area contributed by atoms with Gasteiger partial charge in [0.2, 0.25) is 10.0 Å². The minimum absolute atomic E-state index is 0.250. The molecule has 0 unspecified atom stereocenters. The molecule has 0 atom stereocenters. The predicted octanol–water partition coefficient (Wildman–Crippen LogP) is 1.96. The van der Waals surface area contributed by atoms with Gasteiger partial charge >= 0.3 is 0 Å². The molecule has 1 aromatic heterocycles. The highest BCUT2D eigenvalue weighted by Crippen LogP contribution is 2.35. The Morgan fingerprint density at radius 3 is 2.43 bits per heavy atom. The minimum atomic E-state index is -3.56. The molecule has 0 amide bonds. The molecular weight excluding hydrogens is 426 g/mol. The zero-order chi connectivity index (χ0) is 22.1. The van der Waals surface area contributed by atoms with Gasteiger partial charge in [0.15, 0.2) is 0 Å². The van der Waals surface area contributed by atoms with E-state index in [-0.39, 0.29) is 11.4 Å². The van der Waals surface area contributed by atoms with E-state index in [1.165, 1.54) is 0 Å². The van der Waals surface area contributed by atoms with Crippen LogP contribution >= 0.6 is 11.3 Å². The van der Waals surface area contributed by atoms with Crippen molar-refractivity contribution in [3.63, 3.8) is 0 Å². The van der Waals surface area contributed by atoms with Crippen LogP contribution in [0.15, 0.2) is 33.9 Å². The van der Waals surface area contributed by atoms with Gasteiger partial charge in [-0.25, -0.2) is 13.1 Å². The van der Waals surface area contributed by atoms with Crippen LogP contribution in [-0.2, 0) is 14.8 Å². The van der Waals surface area contributed by atoms with Gasteiger partial charge in [-0.05, 0) is 54.1 Å². The highest BCUT2D eigenvalue weighted by Gasteiger charge is 2.19. The molecular formula is C20H29N3O5S2. The normalized spacial score (nSPS) is 15.3. The molecule has 0 bridgehead atoms. The van der Waals surface area contributed by atoms with E-state index in [9.17, 15) is 8.42 Å². The van der Waals surface area contributed by atoms with Crippen LogP contribution in [0.4, 0.5) is 0 Å². The summed E-state index contributed by atoms with van der Waals surface area (Å²) in [6.07, 6.45) is 0. The van der Waals surface area contributed by atoms with Crippen molar-refractivity contribution in [1.82, 2.24) is 14.5 Å². The number of ether oxygens (including phenoxy) is 1. The number of likely N-dealkylation sites (N-methyl/N-ethyl adjacent to an activating group) is 1. The van der Waals surface area contributed by atoms with Gasteiger partial charge in [0.25, 0.3) is 6.47 Å². The van der Waals surface area contributed by atoms with Gasteiger partial charge in [-0.15, -0.1) is 0 Å². The Balaban J connectivity index is 0.00000101. The van der Waals surface area contributed by atoms with E-state index in [1.807, 2.05) is 17.7 Å². The fraction of sp³-hybridized carbons (Fsp3) is 0.450. The van der Waals surface area contributed by atoms with Crippen molar-refractivity contribution < 1.29 is 23.1 Å². The first-order chi connectivity index (χ1) is 14.3. The number of carboxylic acid groups (broad SMARTS) is 1. The van der Waals surface area contributed by atoms with Crippen LogP contribution in [0.5, 0.6) is 5.75 Å². The van der Waals surface area contributed by atoms with E-state index in [1.54, 1.807) is 36.6 Å². The summed E-state index contributed by atoms with van der Waals surface area (Å²) in [4.78, 5) is 13.2. The average Bonchev–Trinajstić information content (AvgIpc) is 3.15. The summed E-state index contributed by atoms with van der Waals surface area (Å²) in [6.45, 7) is 6.89. The number of carbonyl (C=O) groups is 1. The number of benzene rings is 1. The quantitative estimate of drug-likeness (QED) is 0.616. The van der Waals surface area contributed by atoms with E-state index in [4.69, 9.17) is 14.6 Å². The second kappa shape index (κ2) is 11.4. The van der Waals surface area contributed by atoms with Crippen molar-refractivity contribution >= 4 is 27.8 Å². The summed E-state index contributed by atoms with van der Waals surface area (Å²) in [5.41, 5.74) is 2.92. The average molecular weight is 456 g/mol. The van der Waals surface area contributed by atoms with Crippen LogP contribution in [0.1, 0.15) is 5.56 Å². The molecule has 1 fully saturated rings. The van der Waals surface area contributed by atoms with Crippen LogP contribution in [0, 0.1) is 6.92 Å². The molecule has 1 aromatic carbocycles. The molecule has 166 valence electrons. The summed E-state index contributed by atoms with van der Waals surface area (Å²) in [5, 5.41) is 11.0. The molecule has 1 aliphatic heterocycles. The highest BCUT2D eigenvalue weighted by molar-refractivity contribution is 7.89. The number of piperazine rings is 1. The molecule has 0 saturated carbocycles. The number of nitrogens with zero attached hydrogens (tertiary/aromatic N) is 2. The first kappa shape index (κ1) is 24.3. The molecule has 8 nitrogen and oxygen atoms in total. The molecule has 0 aliphatic carbocycles. The van der Waals surface area contributed by atoms with Gasteiger partial charge in [0.05, 0.1) is 12.0 Å². The third-order valence-corrected chi connectivity index (χ3v) is 7.26. The van der Waals surface area contributed by atoms with E-state index < -0.39 is 10.0 Å². The van der Waals surface area contributed by atoms with Crippen LogP contribution in [-0.4, -0.2) is 83.2 Å². The summed E-state index contributed by atoms with van der Waals surface area (Å²) in [6, 6.07) is 5.02. The summed E-state index contributed by atoms with van der Waals surface area (Å²) < 4.78 is 33.7. The van der Waals surface area contributed by atoms with Gasteiger partial charge in [-0.1, -0.05) is 0 Å². The second-order valence-electron chi connectivity index (χ2n) is 6.98. The summed E-state index contributed by atoms with van der Waals surface area (Å²) in [5.74, 6) is 0.674. The van der Waals surface area contributed by atoms with Gasteiger partial charge in [0.1, 0.15) is 5.75 Å². The molecule has 1 aliphatic rings. The Hall–Kier alpha value is -1.98. The molecule has 0 radical (unpaired) electrons. The number of hydrogen-bond donors (Lipinski definition) is 2. The SMILES string of the molecule is COc1ccc(S(=O)(=O)NCCN2CCN(C)CC2)cc1-c1cscc1C.O=CO. The topological polar surface area (TPSA) is 99.2 Å². The lowest BCUT2D eigenvalue weighted by atomic mass is 10.0. The Morgan fingerprint density at radius 1 is 1.20 bits per heavy atom. The first-order valence-electron chi connectivity index (χ1n) is 9.52. The highest BCUT2D eigenvalue weighted by atomic mass is 32.2. The van der Waals surface area contributed by atoms with Crippen molar-refractivity contribution in [2.24, 2.45) is 0 Å². The number of rotatable bonds is 7. The zero-order valence-electron chi connectivity index (χ0n) is 17.5. The lowest BCUT2D eigenvalue weighted by molar-refractivity contribution is -0.122. The molecule has 30 heavy (non-hydrogen) atoms. The van der Waals surface area contributed by atoms with Crippen molar-refractivity contribution in [2.75, 3.05) is 53.4 Å². The second-order valence-corrected chi connectivity index (χ2v) is 9.49. The molecule has 3 rings (SSSR count). The minimum Gasteiger partial charge on any atom is -0.496 e. The number of thiophene rings is 1. The van der Waals surface area contributed by atoms with Crippen molar-refractivity contribution in [3.05, 3.63) is 34.5 Å².